The summed E-state index contributed by atoms with van der Waals surface area (Å²) in [5, 5.41) is 0. The third-order valence-corrected chi connectivity index (χ3v) is 2.81. The van der Waals surface area contributed by atoms with Gasteiger partial charge in [0.05, 0.1) is 7.11 Å². The first-order valence-corrected chi connectivity index (χ1v) is 6.00. The highest BCUT2D eigenvalue weighted by molar-refractivity contribution is 5.28. The smallest absolute Gasteiger partial charge is 0.119 e. The van der Waals surface area contributed by atoms with Crippen LogP contribution >= 0.6 is 0 Å². The number of nitrogens with one attached hydrogen (secondary N) is 1. The van der Waals surface area contributed by atoms with Crippen molar-refractivity contribution in [2.24, 2.45) is 5.84 Å². The Labute approximate surface area is 104 Å². The Bertz CT molecular complexity index is 339. The van der Waals surface area contributed by atoms with E-state index in [1.54, 1.807) is 7.11 Å². The van der Waals surface area contributed by atoms with E-state index in [9.17, 15) is 0 Å². The quantitative estimate of drug-likeness (QED) is 0.314. The maximum Gasteiger partial charge on any atom is 0.119 e. The van der Waals surface area contributed by atoms with Gasteiger partial charge in [0.25, 0.3) is 0 Å². The summed E-state index contributed by atoms with van der Waals surface area (Å²) >= 11 is 0. The largest absolute Gasteiger partial charge is 0.497 e. The van der Waals surface area contributed by atoms with Gasteiger partial charge in [0.1, 0.15) is 5.75 Å². The molecule has 0 saturated carbocycles. The molecule has 1 rings (SSSR count). The minimum absolute atomic E-state index is 0.307. The van der Waals surface area contributed by atoms with E-state index in [0.717, 1.165) is 31.4 Å². The third kappa shape index (κ3) is 5.02. The number of hydrogen-bond donors (Lipinski definition) is 2. The first-order chi connectivity index (χ1) is 8.30. The Hall–Kier alpha value is -1.32. The van der Waals surface area contributed by atoms with Crippen LogP contribution in [0.5, 0.6) is 5.75 Å². The molecule has 1 unspecified atom stereocenters. The van der Waals surface area contributed by atoms with E-state index in [-0.39, 0.29) is 0 Å². The van der Waals surface area contributed by atoms with E-state index in [1.165, 1.54) is 5.56 Å². The second-order valence-corrected chi connectivity index (χ2v) is 4.14. The number of unbranched alkanes of at least 4 members (excludes halogenated alkanes) is 1. The van der Waals surface area contributed by atoms with Crippen molar-refractivity contribution in [2.45, 2.75) is 31.7 Å². The summed E-state index contributed by atoms with van der Waals surface area (Å²) in [7, 11) is 1.68. The molecule has 0 amide bonds. The summed E-state index contributed by atoms with van der Waals surface area (Å²) in [5.41, 5.74) is 4.11. The number of ether oxygens (including phenoxy) is 1. The molecule has 1 aromatic carbocycles. The van der Waals surface area contributed by atoms with Crippen LogP contribution < -0.4 is 16.0 Å². The van der Waals surface area contributed by atoms with Crippen LogP contribution in [-0.4, -0.2) is 13.2 Å². The zero-order valence-electron chi connectivity index (χ0n) is 10.5. The summed E-state index contributed by atoms with van der Waals surface area (Å²) in [5.74, 6) is 6.46. The van der Waals surface area contributed by atoms with Crippen LogP contribution in [0, 0.1) is 0 Å². The lowest BCUT2D eigenvalue weighted by Gasteiger charge is -2.15. The summed E-state index contributed by atoms with van der Waals surface area (Å²) in [6, 6.07) is 8.41. The summed E-state index contributed by atoms with van der Waals surface area (Å²) < 4.78 is 5.20. The molecule has 0 heterocycles. The number of hydrazine groups is 1. The van der Waals surface area contributed by atoms with Crippen LogP contribution in [0.25, 0.3) is 0 Å². The van der Waals surface area contributed by atoms with Gasteiger partial charge in [-0.25, -0.2) is 0 Å². The van der Waals surface area contributed by atoms with Crippen molar-refractivity contribution in [3.63, 3.8) is 0 Å². The van der Waals surface area contributed by atoms with Crippen LogP contribution in [0.15, 0.2) is 36.9 Å². The van der Waals surface area contributed by atoms with Crippen molar-refractivity contribution in [2.75, 3.05) is 7.11 Å². The van der Waals surface area contributed by atoms with Crippen LogP contribution in [0.3, 0.4) is 0 Å². The molecule has 0 radical (unpaired) electrons. The number of rotatable bonds is 8. The molecule has 1 aromatic rings. The number of methoxy groups -OCH3 is 1. The van der Waals surface area contributed by atoms with Crippen LogP contribution in [0.1, 0.15) is 24.8 Å². The molecule has 0 bridgehead atoms. The van der Waals surface area contributed by atoms with E-state index in [1.807, 2.05) is 18.2 Å². The lowest BCUT2D eigenvalue weighted by Crippen LogP contribution is -2.36. The Kier molecular flexibility index (Phi) is 6.37. The van der Waals surface area contributed by atoms with Crippen LogP contribution in [0.4, 0.5) is 0 Å². The summed E-state index contributed by atoms with van der Waals surface area (Å²) in [6.45, 7) is 3.72. The van der Waals surface area contributed by atoms with Gasteiger partial charge in [-0.15, -0.1) is 6.58 Å². The normalized spacial score (nSPS) is 12.1. The lowest BCUT2D eigenvalue weighted by atomic mass is 10.0. The SMILES string of the molecule is C=CCCCC(Cc1cccc(OC)c1)NN. The zero-order valence-corrected chi connectivity index (χ0v) is 10.5. The highest BCUT2D eigenvalue weighted by Gasteiger charge is 2.07. The maximum atomic E-state index is 5.57. The topological polar surface area (TPSA) is 47.3 Å². The number of nitrogens with two attached hydrogens (primary N) is 1. The van der Waals surface area contributed by atoms with Crippen molar-refractivity contribution in [3.05, 3.63) is 42.5 Å². The Balaban J connectivity index is 2.50. The van der Waals surface area contributed by atoms with Crippen molar-refractivity contribution < 1.29 is 4.74 Å². The third-order valence-electron chi connectivity index (χ3n) is 2.81. The van der Waals surface area contributed by atoms with Crippen LogP contribution in [-0.2, 0) is 6.42 Å². The van der Waals surface area contributed by atoms with E-state index in [4.69, 9.17) is 10.6 Å². The Morgan fingerprint density at radius 2 is 2.35 bits per heavy atom. The zero-order chi connectivity index (χ0) is 12.5. The van der Waals surface area contributed by atoms with Gasteiger partial charge in [0, 0.05) is 6.04 Å². The molecule has 17 heavy (non-hydrogen) atoms. The molecule has 0 fully saturated rings. The predicted octanol–water partition coefficient (Wildman–Crippen LogP) is 2.43. The molecular formula is C14H22N2O. The molecule has 3 nitrogen and oxygen atoms in total. The van der Waals surface area contributed by atoms with Crippen molar-refractivity contribution >= 4 is 0 Å². The average molecular weight is 234 g/mol. The van der Waals surface area contributed by atoms with E-state index in [2.05, 4.69) is 24.1 Å². The fourth-order valence-electron chi connectivity index (χ4n) is 1.84. The first kappa shape index (κ1) is 13.7. The fourth-order valence-corrected chi connectivity index (χ4v) is 1.84. The minimum atomic E-state index is 0.307. The van der Waals surface area contributed by atoms with Gasteiger partial charge in [-0.05, 0) is 43.4 Å². The van der Waals surface area contributed by atoms with E-state index < -0.39 is 0 Å². The molecule has 0 aromatic heterocycles. The van der Waals surface area contributed by atoms with Gasteiger partial charge in [0.2, 0.25) is 0 Å². The Morgan fingerprint density at radius 1 is 1.53 bits per heavy atom. The molecular weight excluding hydrogens is 212 g/mol. The van der Waals surface area contributed by atoms with Crippen molar-refractivity contribution in [1.29, 1.82) is 0 Å². The standard InChI is InChI=1S/C14H22N2O/c1-3-4-5-8-13(16-15)10-12-7-6-9-14(11-12)17-2/h3,6-7,9,11,13,16H,1,4-5,8,10,15H2,2H3. The van der Waals surface area contributed by atoms with Crippen molar-refractivity contribution in [3.8, 4) is 5.75 Å². The summed E-state index contributed by atoms with van der Waals surface area (Å²) in [4.78, 5) is 0. The van der Waals surface area contributed by atoms with Crippen molar-refractivity contribution in [1.82, 2.24) is 5.43 Å². The molecule has 0 aliphatic heterocycles. The minimum Gasteiger partial charge on any atom is -0.497 e. The van der Waals surface area contributed by atoms with E-state index >= 15 is 0 Å². The monoisotopic (exact) mass is 234 g/mol. The van der Waals surface area contributed by atoms with Gasteiger partial charge in [-0.3, -0.25) is 11.3 Å². The molecule has 94 valence electrons. The molecule has 3 N–H and O–H groups in total. The van der Waals surface area contributed by atoms with E-state index in [0.29, 0.717) is 6.04 Å². The molecule has 0 saturated heterocycles. The highest BCUT2D eigenvalue weighted by Crippen LogP contribution is 2.15. The summed E-state index contributed by atoms with van der Waals surface area (Å²) in [6.07, 6.45) is 6.07. The molecule has 0 spiro atoms. The van der Waals surface area contributed by atoms with Gasteiger partial charge in [-0.1, -0.05) is 18.2 Å². The van der Waals surface area contributed by atoms with Gasteiger partial charge < -0.3 is 4.74 Å². The number of hydrogen-bond acceptors (Lipinski definition) is 3. The number of benzene rings is 1. The molecule has 1 atom stereocenters. The fraction of sp³-hybridized carbons (Fsp3) is 0.429. The van der Waals surface area contributed by atoms with Crippen LogP contribution in [0.2, 0.25) is 0 Å². The molecule has 3 heteroatoms. The molecule has 0 aliphatic carbocycles. The van der Waals surface area contributed by atoms with Gasteiger partial charge in [-0.2, -0.15) is 0 Å². The predicted molar refractivity (Wildman–Crippen MR) is 71.9 cm³/mol. The lowest BCUT2D eigenvalue weighted by molar-refractivity contribution is 0.413. The second-order valence-electron chi connectivity index (χ2n) is 4.14. The maximum absolute atomic E-state index is 5.57. The second kappa shape index (κ2) is 7.87. The Morgan fingerprint density at radius 3 is 3.00 bits per heavy atom. The van der Waals surface area contributed by atoms with Gasteiger partial charge >= 0.3 is 0 Å². The average Bonchev–Trinajstić information content (AvgIpc) is 2.38. The van der Waals surface area contributed by atoms with Gasteiger partial charge in [0.15, 0.2) is 0 Å². The number of allylic oxidation sites excluding steroid dienone is 1. The highest BCUT2D eigenvalue weighted by atomic mass is 16.5. The molecule has 0 aliphatic rings. The first-order valence-electron chi connectivity index (χ1n) is 6.00.